The van der Waals surface area contributed by atoms with Gasteiger partial charge in [-0.05, 0) is 37.3 Å². The molecule has 1 heterocycles. The van der Waals surface area contributed by atoms with E-state index in [4.69, 9.17) is 18.9 Å². The zero-order chi connectivity index (χ0) is 20.8. The largest absolute Gasteiger partial charge is 0.493 e. The van der Waals surface area contributed by atoms with E-state index < -0.39 is 5.91 Å². The van der Waals surface area contributed by atoms with Gasteiger partial charge in [-0.25, -0.2) is 0 Å². The highest BCUT2D eigenvalue weighted by Gasteiger charge is 2.14. The van der Waals surface area contributed by atoms with Crippen molar-refractivity contribution in [2.45, 2.75) is 6.92 Å². The maximum atomic E-state index is 12.3. The van der Waals surface area contributed by atoms with Crippen LogP contribution in [0.2, 0.25) is 0 Å². The van der Waals surface area contributed by atoms with Gasteiger partial charge in [0.2, 0.25) is 12.7 Å². The zero-order valence-electron chi connectivity index (χ0n) is 16.2. The number of nitrogens with one attached hydrogen (secondary N) is 3. The second-order valence-electron chi connectivity index (χ2n) is 6.03. The number of ether oxygens (including phenoxy) is 4. The molecule has 29 heavy (non-hydrogen) atoms. The molecule has 0 radical (unpaired) electrons. The molecule has 3 rings (SSSR count). The Bertz CT molecular complexity index is 957. The first-order chi connectivity index (χ1) is 14.0. The molecule has 0 saturated heterocycles. The molecule has 1 aliphatic rings. The summed E-state index contributed by atoms with van der Waals surface area (Å²) in [5.74, 6) is 1.41. The average Bonchev–Trinajstić information content (AvgIpc) is 3.19. The summed E-state index contributed by atoms with van der Waals surface area (Å²) in [6, 6.07) is 9.90. The van der Waals surface area contributed by atoms with Gasteiger partial charge >= 0.3 is 0 Å². The van der Waals surface area contributed by atoms with Crippen LogP contribution in [0.3, 0.4) is 0 Å². The summed E-state index contributed by atoms with van der Waals surface area (Å²) in [5, 5.41) is 2.72. The third kappa shape index (κ3) is 4.89. The Balaban J connectivity index is 1.55. The summed E-state index contributed by atoms with van der Waals surface area (Å²) in [4.78, 5) is 24.4. The summed E-state index contributed by atoms with van der Waals surface area (Å²) >= 11 is 0. The molecule has 0 atom stereocenters. The normalized spacial score (nSPS) is 12.2. The number of allylic oxidation sites excluding steroid dienone is 1. The van der Waals surface area contributed by atoms with Crippen molar-refractivity contribution < 1.29 is 28.5 Å². The topological polar surface area (TPSA) is 107 Å². The lowest BCUT2D eigenvalue weighted by molar-refractivity contribution is -0.112. The molecule has 152 valence electrons. The van der Waals surface area contributed by atoms with Crippen LogP contribution in [-0.4, -0.2) is 32.8 Å². The van der Waals surface area contributed by atoms with E-state index in [2.05, 4.69) is 16.2 Å². The standard InChI is InChI=1S/C20H21N3O6/c1-12(8-19(24)21-14-5-7-16-18(10-14)29-11-28-16)22-23-20(25)13-4-6-15(26-2)17(9-13)27-3/h4-10,22H,11H2,1-3H3,(H,21,24)(H,23,25)/b12-8+. The smallest absolute Gasteiger partial charge is 0.269 e. The van der Waals surface area contributed by atoms with Gasteiger partial charge in [-0.3, -0.25) is 15.0 Å². The van der Waals surface area contributed by atoms with Crippen LogP contribution < -0.4 is 35.1 Å². The van der Waals surface area contributed by atoms with Gasteiger partial charge in [0.15, 0.2) is 23.0 Å². The van der Waals surface area contributed by atoms with Crippen LogP contribution in [0.25, 0.3) is 0 Å². The maximum absolute atomic E-state index is 12.3. The highest BCUT2D eigenvalue weighted by Crippen LogP contribution is 2.34. The predicted octanol–water partition coefficient (Wildman–Crippen LogP) is 2.21. The van der Waals surface area contributed by atoms with E-state index in [-0.39, 0.29) is 12.7 Å². The lowest BCUT2D eigenvalue weighted by Gasteiger charge is -2.11. The van der Waals surface area contributed by atoms with Gasteiger partial charge in [0.25, 0.3) is 5.91 Å². The number of anilines is 1. The molecule has 1 aliphatic heterocycles. The monoisotopic (exact) mass is 399 g/mol. The van der Waals surface area contributed by atoms with E-state index in [1.165, 1.54) is 20.3 Å². The number of benzene rings is 2. The average molecular weight is 399 g/mol. The summed E-state index contributed by atoms with van der Waals surface area (Å²) in [5.41, 5.74) is 6.59. The maximum Gasteiger partial charge on any atom is 0.269 e. The molecular weight excluding hydrogens is 378 g/mol. The van der Waals surface area contributed by atoms with Gasteiger partial charge in [-0.2, -0.15) is 0 Å². The van der Waals surface area contributed by atoms with Crippen LogP contribution in [-0.2, 0) is 4.79 Å². The number of fused-ring (bicyclic) bond motifs is 1. The fourth-order valence-electron chi connectivity index (χ4n) is 2.59. The molecule has 9 heteroatoms. The number of carbonyl (C=O) groups is 2. The van der Waals surface area contributed by atoms with Crippen LogP contribution >= 0.6 is 0 Å². The number of methoxy groups -OCH3 is 2. The fraction of sp³-hybridized carbons (Fsp3) is 0.200. The number of hydrogen-bond donors (Lipinski definition) is 3. The van der Waals surface area contributed by atoms with Gasteiger partial charge in [0.05, 0.1) is 14.2 Å². The van der Waals surface area contributed by atoms with Gasteiger partial charge in [-0.1, -0.05) is 0 Å². The highest BCUT2D eigenvalue weighted by molar-refractivity contribution is 6.00. The number of amides is 2. The van der Waals surface area contributed by atoms with Crippen LogP contribution in [0.1, 0.15) is 17.3 Å². The molecule has 2 aromatic rings. The quantitative estimate of drug-likeness (QED) is 0.484. The Morgan fingerprint density at radius 1 is 0.966 bits per heavy atom. The summed E-state index contributed by atoms with van der Waals surface area (Å²) in [6.45, 7) is 1.81. The number of carbonyl (C=O) groups excluding carboxylic acids is 2. The molecule has 2 aromatic carbocycles. The third-order valence-corrected chi connectivity index (χ3v) is 4.01. The summed E-state index contributed by atoms with van der Waals surface area (Å²) in [6.07, 6.45) is 1.32. The first kappa shape index (κ1) is 19.9. The Morgan fingerprint density at radius 2 is 1.72 bits per heavy atom. The summed E-state index contributed by atoms with van der Waals surface area (Å²) in [7, 11) is 3.01. The lowest BCUT2D eigenvalue weighted by atomic mass is 10.2. The van der Waals surface area contributed by atoms with Gasteiger partial charge in [-0.15, -0.1) is 0 Å². The SMILES string of the molecule is COc1ccc(C(=O)NN/C(C)=C/C(=O)Nc2ccc3c(c2)OCO3)cc1OC. The van der Waals surface area contributed by atoms with Crippen LogP contribution in [0.15, 0.2) is 48.2 Å². The minimum absolute atomic E-state index is 0.162. The number of rotatable bonds is 7. The Hall–Kier alpha value is -3.88. The van der Waals surface area contributed by atoms with E-state index in [0.717, 1.165) is 0 Å². The van der Waals surface area contributed by atoms with Crippen molar-refractivity contribution in [3.05, 3.63) is 53.7 Å². The van der Waals surface area contributed by atoms with Crippen molar-refractivity contribution in [3.8, 4) is 23.0 Å². The Labute approximate surface area is 167 Å². The lowest BCUT2D eigenvalue weighted by Crippen LogP contribution is -2.36. The first-order valence-corrected chi connectivity index (χ1v) is 8.67. The molecule has 0 aliphatic carbocycles. The van der Waals surface area contributed by atoms with Crippen LogP contribution in [0, 0.1) is 0 Å². The molecule has 0 spiro atoms. The number of hydrazine groups is 1. The van der Waals surface area contributed by atoms with Crippen LogP contribution in [0.4, 0.5) is 5.69 Å². The molecule has 2 amide bonds. The van der Waals surface area contributed by atoms with E-state index >= 15 is 0 Å². The van der Waals surface area contributed by atoms with Crippen molar-refractivity contribution in [1.82, 2.24) is 10.9 Å². The Kier molecular flexibility index (Phi) is 6.08. The fourth-order valence-corrected chi connectivity index (χ4v) is 2.59. The van der Waals surface area contributed by atoms with Crippen molar-refractivity contribution in [3.63, 3.8) is 0 Å². The van der Waals surface area contributed by atoms with Gasteiger partial charge in [0, 0.05) is 29.1 Å². The molecule has 0 bridgehead atoms. The van der Waals surface area contributed by atoms with Crippen molar-refractivity contribution in [2.24, 2.45) is 0 Å². The van der Waals surface area contributed by atoms with Crippen molar-refractivity contribution in [1.29, 1.82) is 0 Å². The van der Waals surface area contributed by atoms with Crippen molar-refractivity contribution in [2.75, 3.05) is 26.3 Å². The van der Waals surface area contributed by atoms with E-state index in [9.17, 15) is 9.59 Å². The third-order valence-electron chi connectivity index (χ3n) is 4.01. The molecule has 0 fully saturated rings. The first-order valence-electron chi connectivity index (χ1n) is 8.67. The minimum Gasteiger partial charge on any atom is -0.493 e. The second-order valence-corrected chi connectivity index (χ2v) is 6.03. The van der Waals surface area contributed by atoms with Gasteiger partial charge in [0.1, 0.15) is 0 Å². The highest BCUT2D eigenvalue weighted by atomic mass is 16.7. The molecular formula is C20H21N3O6. The van der Waals surface area contributed by atoms with Crippen molar-refractivity contribution >= 4 is 17.5 Å². The molecule has 0 unspecified atom stereocenters. The molecule has 9 nitrogen and oxygen atoms in total. The zero-order valence-corrected chi connectivity index (χ0v) is 16.2. The number of hydrogen-bond acceptors (Lipinski definition) is 7. The molecule has 0 saturated carbocycles. The van der Waals surface area contributed by atoms with Crippen LogP contribution in [0.5, 0.6) is 23.0 Å². The molecule has 3 N–H and O–H groups in total. The Morgan fingerprint density at radius 3 is 2.48 bits per heavy atom. The van der Waals surface area contributed by atoms with Gasteiger partial charge < -0.3 is 29.7 Å². The molecule has 0 aromatic heterocycles. The van der Waals surface area contributed by atoms with E-state index in [1.54, 1.807) is 43.3 Å². The minimum atomic E-state index is -0.394. The van der Waals surface area contributed by atoms with E-state index in [1.807, 2.05) is 0 Å². The second kappa shape index (κ2) is 8.87. The summed E-state index contributed by atoms with van der Waals surface area (Å²) < 4.78 is 20.8. The van der Waals surface area contributed by atoms with E-state index in [0.29, 0.717) is 39.9 Å². The predicted molar refractivity (Wildman–Crippen MR) is 105 cm³/mol.